The number of nitriles is 2. The van der Waals surface area contributed by atoms with Gasteiger partial charge in [-0.25, -0.2) is 4.98 Å². The molecule has 0 unspecified atom stereocenters. The van der Waals surface area contributed by atoms with Crippen molar-refractivity contribution in [2.45, 2.75) is 23.6 Å². The molecule has 1 aliphatic heterocycles. The molecule has 1 fully saturated rings. The third-order valence-corrected chi connectivity index (χ3v) is 6.62. The number of hydrogen-bond acceptors (Lipinski definition) is 8. The first kappa shape index (κ1) is 23.6. The van der Waals surface area contributed by atoms with Gasteiger partial charge in [0.1, 0.15) is 40.9 Å². The van der Waals surface area contributed by atoms with Gasteiger partial charge in [0.25, 0.3) is 0 Å². The van der Waals surface area contributed by atoms with Crippen molar-refractivity contribution in [3.8, 4) is 29.0 Å². The Kier molecular flexibility index (Phi) is 7.98. The van der Waals surface area contributed by atoms with Gasteiger partial charge in [0.05, 0.1) is 12.2 Å². The summed E-state index contributed by atoms with van der Waals surface area (Å²) < 4.78 is 10.7. The van der Waals surface area contributed by atoms with Gasteiger partial charge in [-0.1, -0.05) is 18.2 Å². The fourth-order valence-corrected chi connectivity index (χ4v) is 4.83. The molecule has 172 valence electrons. The van der Waals surface area contributed by atoms with Gasteiger partial charge in [0.15, 0.2) is 0 Å². The summed E-state index contributed by atoms with van der Waals surface area (Å²) >= 11 is 1.49. The summed E-state index contributed by atoms with van der Waals surface area (Å²) in [6.07, 6.45) is 5.68. The zero-order valence-electron chi connectivity index (χ0n) is 19.0. The van der Waals surface area contributed by atoms with Crippen molar-refractivity contribution in [2.75, 3.05) is 38.3 Å². The Bertz CT molecular complexity index is 1200. The van der Waals surface area contributed by atoms with E-state index < -0.39 is 0 Å². The molecule has 8 heteroatoms. The van der Waals surface area contributed by atoms with Crippen LogP contribution in [0.15, 0.2) is 53.8 Å². The van der Waals surface area contributed by atoms with Crippen LogP contribution in [0.1, 0.15) is 29.5 Å². The van der Waals surface area contributed by atoms with Crippen LogP contribution in [-0.4, -0.2) is 43.4 Å². The lowest BCUT2D eigenvalue weighted by atomic mass is 9.96. The third-order valence-electron chi connectivity index (χ3n) is 5.57. The van der Waals surface area contributed by atoms with E-state index in [0.29, 0.717) is 52.3 Å². The number of rotatable bonds is 9. The maximum Gasteiger partial charge on any atom is 0.148 e. The molecule has 0 radical (unpaired) electrons. The Hall–Kier alpha value is -3.59. The van der Waals surface area contributed by atoms with Crippen molar-refractivity contribution >= 4 is 17.6 Å². The van der Waals surface area contributed by atoms with Crippen LogP contribution in [0.4, 0.5) is 5.82 Å². The van der Waals surface area contributed by atoms with E-state index in [2.05, 4.69) is 22.0 Å². The quantitative estimate of drug-likeness (QED) is 0.324. The maximum absolute atomic E-state index is 10.2. The Morgan fingerprint density at radius 2 is 1.79 bits per heavy atom. The fraction of sp³-hybridized carbons (Fsp3) is 0.308. The highest BCUT2D eigenvalue weighted by atomic mass is 32.2. The van der Waals surface area contributed by atoms with Gasteiger partial charge in [-0.05, 0) is 42.2 Å². The number of thioether (sulfide) groups is 1. The lowest BCUT2D eigenvalue weighted by Gasteiger charge is -2.22. The molecule has 4 rings (SSSR count). The first-order valence-corrected chi connectivity index (χ1v) is 12.1. The molecule has 1 aliphatic rings. The number of benzene rings is 1. The molecule has 0 N–H and O–H groups in total. The van der Waals surface area contributed by atoms with Gasteiger partial charge >= 0.3 is 0 Å². The van der Waals surface area contributed by atoms with E-state index in [1.54, 1.807) is 13.3 Å². The number of ether oxygens (including phenoxy) is 2. The van der Waals surface area contributed by atoms with Gasteiger partial charge in [-0.2, -0.15) is 10.5 Å². The van der Waals surface area contributed by atoms with Gasteiger partial charge < -0.3 is 14.4 Å². The second kappa shape index (κ2) is 11.5. The molecule has 1 saturated heterocycles. The molecule has 7 nitrogen and oxygen atoms in total. The van der Waals surface area contributed by atoms with E-state index in [1.807, 2.05) is 42.6 Å². The Labute approximate surface area is 204 Å². The SMILES string of the molecule is COCCOc1ccc(-c2c(C#N)c(SCc3cccnc3)nc(N3CCCC3)c2C#N)cc1. The lowest BCUT2D eigenvalue weighted by Crippen LogP contribution is -2.21. The molecule has 0 bridgehead atoms. The van der Waals surface area contributed by atoms with Crippen LogP contribution >= 0.6 is 11.8 Å². The van der Waals surface area contributed by atoms with Crippen molar-refractivity contribution in [2.24, 2.45) is 0 Å². The Morgan fingerprint density at radius 1 is 1.03 bits per heavy atom. The number of nitrogens with zero attached hydrogens (tertiary/aromatic N) is 5. The number of methoxy groups -OCH3 is 1. The van der Waals surface area contributed by atoms with Crippen LogP contribution < -0.4 is 9.64 Å². The molecule has 0 saturated carbocycles. The van der Waals surface area contributed by atoms with Crippen LogP contribution in [0.3, 0.4) is 0 Å². The minimum absolute atomic E-state index is 0.418. The Morgan fingerprint density at radius 3 is 2.44 bits per heavy atom. The summed E-state index contributed by atoms with van der Waals surface area (Å²) in [5.74, 6) is 1.99. The van der Waals surface area contributed by atoms with Crippen molar-refractivity contribution in [1.29, 1.82) is 10.5 Å². The smallest absolute Gasteiger partial charge is 0.148 e. The highest BCUT2D eigenvalue weighted by molar-refractivity contribution is 7.98. The predicted octanol–water partition coefficient (Wildman–Crippen LogP) is 4.80. The van der Waals surface area contributed by atoms with Crippen LogP contribution in [0.25, 0.3) is 11.1 Å². The van der Waals surface area contributed by atoms with Crippen molar-refractivity contribution in [3.63, 3.8) is 0 Å². The summed E-state index contributed by atoms with van der Waals surface area (Å²) in [6, 6.07) is 16.1. The molecule has 0 atom stereocenters. The van der Waals surface area contributed by atoms with E-state index in [1.165, 1.54) is 11.8 Å². The van der Waals surface area contributed by atoms with Crippen molar-refractivity contribution < 1.29 is 9.47 Å². The Balaban J connectivity index is 1.77. The summed E-state index contributed by atoms with van der Waals surface area (Å²) in [4.78, 5) is 11.2. The number of aromatic nitrogens is 2. The highest BCUT2D eigenvalue weighted by Crippen LogP contribution is 2.39. The van der Waals surface area contributed by atoms with Gasteiger partial charge in [-0.3, -0.25) is 4.98 Å². The fourth-order valence-electron chi connectivity index (χ4n) is 3.91. The molecule has 0 spiro atoms. The van der Waals surface area contributed by atoms with Crippen LogP contribution in [0, 0.1) is 22.7 Å². The molecule has 3 heterocycles. The second-order valence-corrected chi connectivity index (χ2v) is 8.76. The first-order chi connectivity index (χ1) is 16.7. The summed E-state index contributed by atoms with van der Waals surface area (Å²) in [7, 11) is 1.63. The molecule has 3 aromatic rings. The third kappa shape index (κ3) is 5.31. The summed E-state index contributed by atoms with van der Waals surface area (Å²) in [5.41, 5.74) is 3.32. The van der Waals surface area contributed by atoms with E-state index >= 15 is 0 Å². The summed E-state index contributed by atoms with van der Waals surface area (Å²) in [6.45, 7) is 2.66. The monoisotopic (exact) mass is 471 g/mol. The molecule has 0 aliphatic carbocycles. The largest absolute Gasteiger partial charge is 0.491 e. The van der Waals surface area contributed by atoms with Crippen LogP contribution in [0.2, 0.25) is 0 Å². The van der Waals surface area contributed by atoms with E-state index in [4.69, 9.17) is 14.5 Å². The van der Waals surface area contributed by atoms with E-state index in [9.17, 15) is 10.5 Å². The molecular formula is C26H25N5O2S. The lowest BCUT2D eigenvalue weighted by molar-refractivity contribution is 0.146. The number of pyridine rings is 2. The minimum atomic E-state index is 0.418. The van der Waals surface area contributed by atoms with E-state index in [0.717, 1.165) is 37.1 Å². The highest BCUT2D eigenvalue weighted by Gasteiger charge is 2.26. The normalized spacial score (nSPS) is 12.9. The number of hydrogen-bond donors (Lipinski definition) is 0. The van der Waals surface area contributed by atoms with Crippen molar-refractivity contribution in [3.05, 3.63) is 65.5 Å². The zero-order valence-corrected chi connectivity index (χ0v) is 19.8. The van der Waals surface area contributed by atoms with Crippen molar-refractivity contribution in [1.82, 2.24) is 9.97 Å². The molecule has 0 amide bonds. The minimum Gasteiger partial charge on any atom is -0.491 e. The predicted molar refractivity (Wildman–Crippen MR) is 132 cm³/mol. The topological polar surface area (TPSA) is 95.1 Å². The average Bonchev–Trinajstić information content (AvgIpc) is 3.42. The number of anilines is 1. The summed E-state index contributed by atoms with van der Waals surface area (Å²) in [5, 5.41) is 20.9. The maximum atomic E-state index is 10.2. The molecule has 1 aromatic carbocycles. The van der Waals surface area contributed by atoms with Gasteiger partial charge in [-0.15, -0.1) is 11.8 Å². The van der Waals surface area contributed by atoms with Crippen LogP contribution in [-0.2, 0) is 10.5 Å². The second-order valence-electron chi connectivity index (χ2n) is 7.80. The standard InChI is InChI=1S/C26H25N5O2S/c1-32-13-14-33-21-8-6-20(7-9-21)24-22(15-27)25(31-11-2-3-12-31)30-26(23(24)16-28)34-18-19-5-4-10-29-17-19/h4-10,17H,2-3,11-14,18H2,1H3. The molecule has 2 aromatic heterocycles. The first-order valence-electron chi connectivity index (χ1n) is 11.1. The average molecular weight is 472 g/mol. The van der Waals surface area contributed by atoms with E-state index in [-0.39, 0.29) is 0 Å². The van der Waals surface area contributed by atoms with Gasteiger partial charge in [0.2, 0.25) is 0 Å². The molecular weight excluding hydrogens is 446 g/mol. The zero-order chi connectivity index (χ0) is 23.8. The van der Waals surface area contributed by atoms with Crippen LogP contribution in [0.5, 0.6) is 5.75 Å². The van der Waals surface area contributed by atoms with Gasteiger partial charge in [0, 0.05) is 43.9 Å². The molecule has 34 heavy (non-hydrogen) atoms.